The Bertz CT molecular complexity index is 354. The van der Waals surface area contributed by atoms with Crippen LogP contribution in [-0.4, -0.2) is 24.1 Å². The van der Waals surface area contributed by atoms with Crippen molar-refractivity contribution in [3.8, 4) is 0 Å². The molecule has 1 aromatic heterocycles. The van der Waals surface area contributed by atoms with Gasteiger partial charge >= 0.3 is 5.97 Å². The summed E-state index contributed by atoms with van der Waals surface area (Å²) in [6.45, 7) is 4.15. The van der Waals surface area contributed by atoms with Gasteiger partial charge < -0.3 is 4.74 Å². The number of unbranched alkanes of at least 4 members (excludes halogenated alkanes) is 1. The highest BCUT2D eigenvalue weighted by Crippen LogP contribution is 2.13. The second-order valence-corrected chi connectivity index (χ2v) is 4.39. The fourth-order valence-electron chi connectivity index (χ4n) is 1.87. The van der Waals surface area contributed by atoms with Gasteiger partial charge in [0.05, 0.1) is 7.11 Å². The Labute approximate surface area is 109 Å². The number of ether oxygens (including phenoxy) is 1. The zero-order valence-corrected chi connectivity index (χ0v) is 11.3. The molecule has 0 aromatic carbocycles. The van der Waals surface area contributed by atoms with Crippen LogP contribution in [0.5, 0.6) is 0 Å². The largest absolute Gasteiger partial charge is 0.468 e. The molecule has 1 N–H and O–H groups in total. The van der Waals surface area contributed by atoms with Crippen molar-refractivity contribution in [2.75, 3.05) is 7.11 Å². The third kappa shape index (κ3) is 4.45. The lowest BCUT2D eigenvalue weighted by atomic mass is 10.1. The molecule has 4 heteroatoms. The second-order valence-electron chi connectivity index (χ2n) is 4.39. The van der Waals surface area contributed by atoms with E-state index in [9.17, 15) is 4.79 Å². The van der Waals surface area contributed by atoms with E-state index in [2.05, 4.69) is 17.2 Å². The van der Waals surface area contributed by atoms with Gasteiger partial charge in [0.2, 0.25) is 0 Å². The third-order valence-electron chi connectivity index (χ3n) is 2.99. The van der Waals surface area contributed by atoms with E-state index in [1.54, 1.807) is 12.4 Å². The van der Waals surface area contributed by atoms with Crippen molar-refractivity contribution < 1.29 is 9.53 Å². The third-order valence-corrected chi connectivity index (χ3v) is 2.99. The molecule has 1 heterocycles. The summed E-state index contributed by atoms with van der Waals surface area (Å²) < 4.78 is 4.83. The molecule has 0 aliphatic heterocycles. The maximum atomic E-state index is 11.7. The van der Waals surface area contributed by atoms with Gasteiger partial charge in [-0.05, 0) is 31.0 Å². The Morgan fingerprint density at radius 2 is 2.11 bits per heavy atom. The minimum Gasteiger partial charge on any atom is -0.468 e. The Hall–Kier alpha value is -1.42. The van der Waals surface area contributed by atoms with Gasteiger partial charge in [-0.3, -0.25) is 15.1 Å². The molecule has 18 heavy (non-hydrogen) atoms. The van der Waals surface area contributed by atoms with Crippen LogP contribution in [0.4, 0.5) is 0 Å². The maximum absolute atomic E-state index is 11.7. The molecule has 0 bridgehead atoms. The van der Waals surface area contributed by atoms with Crippen molar-refractivity contribution in [3.05, 3.63) is 30.1 Å². The van der Waals surface area contributed by atoms with E-state index in [0.29, 0.717) is 0 Å². The molecule has 0 saturated carbocycles. The minimum absolute atomic E-state index is 0.106. The van der Waals surface area contributed by atoms with Crippen molar-refractivity contribution in [1.29, 1.82) is 0 Å². The van der Waals surface area contributed by atoms with Crippen molar-refractivity contribution in [3.63, 3.8) is 0 Å². The first kappa shape index (κ1) is 14.6. The number of aromatic nitrogens is 1. The van der Waals surface area contributed by atoms with Crippen LogP contribution in [0.25, 0.3) is 0 Å². The van der Waals surface area contributed by atoms with Crippen LogP contribution in [0.1, 0.15) is 44.7 Å². The number of pyridine rings is 1. The fraction of sp³-hybridized carbons (Fsp3) is 0.571. The van der Waals surface area contributed by atoms with Crippen LogP contribution in [0, 0.1) is 0 Å². The van der Waals surface area contributed by atoms with Crippen molar-refractivity contribution >= 4 is 5.97 Å². The van der Waals surface area contributed by atoms with Gasteiger partial charge in [-0.25, -0.2) is 0 Å². The average Bonchev–Trinajstić information content (AvgIpc) is 2.43. The molecule has 1 rings (SSSR count). The molecule has 0 aliphatic rings. The normalized spacial score (nSPS) is 13.9. The Morgan fingerprint density at radius 3 is 2.67 bits per heavy atom. The number of carbonyl (C=O) groups excluding carboxylic acids is 1. The van der Waals surface area contributed by atoms with Gasteiger partial charge in [-0.15, -0.1) is 0 Å². The van der Waals surface area contributed by atoms with Crippen molar-refractivity contribution in [2.24, 2.45) is 0 Å². The molecule has 0 saturated heterocycles. The molecular weight excluding hydrogens is 228 g/mol. The van der Waals surface area contributed by atoms with Crippen molar-refractivity contribution in [1.82, 2.24) is 10.3 Å². The van der Waals surface area contributed by atoms with Gasteiger partial charge in [-0.1, -0.05) is 19.8 Å². The van der Waals surface area contributed by atoms with Gasteiger partial charge in [0.15, 0.2) is 0 Å². The van der Waals surface area contributed by atoms with Crippen LogP contribution in [0.15, 0.2) is 24.5 Å². The van der Waals surface area contributed by atoms with E-state index in [1.807, 2.05) is 19.1 Å². The predicted molar refractivity (Wildman–Crippen MR) is 71.1 cm³/mol. The van der Waals surface area contributed by atoms with Gasteiger partial charge in [0.1, 0.15) is 6.04 Å². The molecule has 100 valence electrons. The number of rotatable bonds is 7. The smallest absolute Gasteiger partial charge is 0.322 e. The summed E-state index contributed by atoms with van der Waals surface area (Å²) in [5, 5.41) is 3.32. The monoisotopic (exact) mass is 250 g/mol. The first-order valence-corrected chi connectivity index (χ1v) is 6.42. The summed E-state index contributed by atoms with van der Waals surface area (Å²) in [5.41, 5.74) is 1.12. The second kappa shape index (κ2) is 7.82. The summed E-state index contributed by atoms with van der Waals surface area (Å²) >= 11 is 0. The van der Waals surface area contributed by atoms with Gasteiger partial charge in [0.25, 0.3) is 0 Å². The van der Waals surface area contributed by atoms with Gasteiger partial charge in [-0.2, -0.15) is 0 Å². The van der Waals surface area contributed by atoms with E-state index in [-0.39, 0.29) is 18.1 Å². The number of carbonyl (C=O) groups is 1. The zero-order chi connectivity index (χ0) is 13.4. The number of hydrogen-bond acceptors (Lipinski definition) is 4. The number of nitrogens with one attached hydrogen (secondary N) is 1. The summed E-state index contributed by atoms with van der Waals surface area (Å²) in [4.78, 5) is 15.7. The first-order valence-electron chi connectivity index (χ1n) is 6.42. The molecular formula is C14H22N2O2. The van der Waals surface area contributed by atoms with Crippen LogP contribution in [0.2, 0.25) is 0 Å². The number of nitrogens with zero attached hydrogens (tertiary/aromatic N) is 1. The molecule has 2 unspecified atom stereocenters. The van der Waals surface area contributed by atoms with Crippen LogP contribution < -0.4 is 5.32 Å². The first-order chi connectivity index (χ1) is 8.69. The van der Waals surface area contributed by atoms with E-state index >= 15 is 0 Å². The maximum Gasteiger partial charge on any atom is 0.322 e. The SMILES string of the molecule is CCCCC(NC(C)c1ccncc1)C(=O)OC. The predicted octanol–water partition coefficient (Wildman–Crippen LogP) is 2.46. The summed E-state index contributed by atoms with van der Waals surface area (Å²) in [7, 11) is 1.43. The van der Waals surface area contributed by atoms with Crippen molar-refractivity contribution in [2.45, 2.75) is 45.2 Å². The van der Waals surface area contributed by atoms with E-state index in [4.69, 9.17) is 4.74 Å². The highest BCUT2D eigenvalue weighted by Gasteiger charge is 2.20. The lowest BCUT2D eigenvalue weighted by molar-refractivity contribution is -0.143. The molecule has 2 atom stereocenters. The summed E-state index contributed by atoms with van der Waals surface area (Å²) in [5.74, 6) is -0.190. The summed E-state index contributed by atoms with van der Waals surface area (Å²) in [6.07, 6.45) is 6.40. The zero-order valence-electron chi connectivity index (χ0n) is 11.3. The minimum atomic E-state index is -0.238. The number of esters is 1. The topological polar surface area (TPSA) is 51.2 Å². The van der Waals surface area contributed by atoms with E-state index in [0.717, 1.165) is 24.8 Å². The van der Waals surface area contributed by atoms with Crippen LogP contribution in [0.3, 0.4) is 0 Å². The molecule has 0 fully saturated rings. The molecule has 0 aliphatic carbocycles. The quantitative estimate of drug-likeness (QED) is 0.755. The van der Waals surface area contributed by atoms with Crippen LogP contribution in [-0.2, 0) is 9.53 Å². The Balaban J connectivity index is 2.62. The molecule has 4 nitrogen and oxygen atoms in total. The standard InChI is InChI=1S/C14H22N2O2/c1-4-5-6-13(14(17)18-3)16-11(2)12-7-9-15-10-8-12/h7-11,13,16H,4-6H2,1-3H3. The molecule has 0 amide bonds. The lowest BCUT2D eigenvalue weighted by Gasteiger charge is -2.21. The summed E-state index contributed by atoms with van der Waals surface area (Å²) in [6, 6.07) is 3.77. The Morgan fingerprint density at radius 1 is 1.44 bits per heavy atom. The fourth-order valence-corrected chi connectivity index (χ4v) is 1.87. The lowest BCUT2D eigenvalue weighted by Crippen LogP contribution is -2.39. The average molecular weight is 250 g/mol. The van der Waals surface area contributed by atoms with E-state index < -0.39 is 0 Å². The van der Waals surface area contributed by atoms with Crippen LogP contribution >= 0.6 is 0 Å². The highest BCUT2D eigenvalue weighted by molar-refractivity contribution is 5.75. The number of hydrogen-bond donors (Lipinski definition) is 1. The number of methoxy groups -OCH3 is 1. The highest BCUT2D eigenvalue weighted by atomic mass is 16.5. The van der Waals surface area contributed by atoms with E-state index in [1.165, 1.54) is 7.11 Å². The molecule has 1 aromatic rings. The molecule has 0 radical (unpaired) electrons. The van der Waals surface area contributed by atoms with Gasteiger partial charge in [0, 0.05) is 18.4 Å². The molecule has 0 spiro atoms. The Kier molecular flexibility index (Phi) is 6.36.